The molecule has 0 radical (unpaired) electrons. The third kappa shape index (κ3) is 4.27. The number of aromatic carboxylic acids is 1. The largest absolute Gasteiger partial charge is 0.497 e. The fourth-order valence-electron chi connectivity index (χ4n) is 2.54. The van der Waals surface area contributed by atoms with Crippen LogP contribution in [-0.4, -0.2) is 26.6 Å². The van der Waals surface area contributed by atoms with Crippen LogP contribution in [0.25, 0.3) is 11.1 Å². The highest BCUT2D eigenvalue weighted by molar-refractivity contribution is 7.92. The van der Waals surface area contributed by atoms with Crippen LogP contribution >= 0.6 is 0 Å². The van der Waals surface area contributed by atoms with Crippen LogP contribution < -0.4 is 9.46 Å². The van der Waals surface area contributed by atoms with Crippen LogP contribution in [-0.2, 0) is 10.0 Å². The molecule has 0 aliphatic rings. The Bertz CT molecular complexity index is 1060. The Labute approximate surface area is 157 Å². The number of carbonyl (C=O) groups is 1. The Balaban J connectivity index is 1.82. The summed E-state index contributed by atoms with van der Waals surface area (Å²) in [6.07, 6.45) is 0. The van der Waals surface area contributed by atoms with Crippen molar-refractivity contribution in [3.8, 4) is 16.9 Å². The second kappa shape index (κ2) is 7.51. The molecule has 7 heteroatoms. The molecule has 0 spiro atoms. The van der Waals surface area contributed by atoms with Crippen molar-refractivity contribution in [3.05, 3.63) is 78.4 Å². The molecule has 0 amide bonds. The van der Waals surface area contributed by atoms with E-state index in [2.05, 4.69) is 4.72 Å². The number of ether oxygens (including phenoxy) is 1. The molecule has 0 atom stereocenters. The summed E-state index contributed by atoms with van der Waals surface area (Å²) >= 11 is 0. The van der Waals surface area contributed by atoms with E-state index in [0.717, 1.165) is 16.9 Å². The number of nitrogens with one attached hydrogen (secondary N) is 1. The van der Waals surface area contributed by atoms with Gasteiger partial charge in [0.1, 0.15) is 5.75 Å². The van der Waals surface area contributed by atoms with E-state index in [4.69, 9.17) is 9.84 Å². The number of carboxylic acid groups (broad SMARTS) is 1. The Hall–Kier alpha value is -3.32. The van der Waals surface area contributed by atoms with E-state index >= 15 is 0 Å². The van der Waals surface area contributed by atoms with E-state index < -0.39 is 16.0 Å². The molecule has 0 saturated heterocycles. The Morgan fingerprint density at radius 1 is 0.926 bits per heavy atom. The first-order chi connectivity index (χ1) is 12.9. The Kier molecular flexibility index (Phi) is 5.14. The first-order valence-corrected chi connectivity index (χ1v) is 9.48. The van der Waals surface area contributed by atoms with Crippen molar-refractivity contribution in [3.63, 3.8) is 0 Å². The molecule has 0 bridgehead atoms. The molecule has 6 nitrogen and oxygen atoms in total. The molecule has 0 heterocycles. The monoisotopic (exact) mass is 383 g/mol. The number of carboxylic acids is 1. The number of hydrogen-bond donors (Lipinski definition) is 2. The molecule has 3 aromatic rings. The molecule has 0 aliphatic carbocycles. The number of sulfonamides is 1. The van der Waals surface area contributed by atoms with Crippen molar-refractivity contribution in [2.45, 2.75) is 4.90 Å². The lowest BCUT2D eigenvalue weighted by Gasteiger charge is -2.10. The van der Waals surface area contributed by atoms with Crippen molar-refractivity contribution >= 4 is 21.7 Å². The maximum atomic E-state index is 12.5. The minimum Gasteiger partial charge on any atom is -0.497 e. The highest BCUT2D eigenvalue weighted by atomic mass is 32.2. The molecular formula is C20H17NO5S. The lowest BCUT2D eigenvalue weighted by atomic mass is 10.1. The average Bonchev–Trinajstić information content (AvgIpc) is 2.68. The zero-order valence-electron chi connectivity index (χ0n) is 14.4. The molecule has 2 N–H and O–H groups in total. The zero-order chi connectivity index (χ0) is 19.4. The van der Waals surface area contributed by atoms with Gasteiger partial charge in [-0.1, -0.05) is 30.3 Å². The third-order valence-corrected chi connectivity index (χ3v) is 5.35. The Morgan fingerprint density at radius 2 is 1.52 bits per heavy atom. The van der Waals surface area contributed by atoms with Gasteiger partial charge in [-0.3, -0.25) is 4.72 Å². The summed E-state index contributed by atoms with van der Waals surface area (Å²) in [7, 11) is -2.24. The van der Waals surface area contributed by atoms with Crippen molar-refractivity contribution < 1.29 is 23.1 Å². The van der Waals surface area contributed by atoms with Gasteiger partial charge in [0, 0.05) is 5.69 Å². The summed E-state index contributed by atoms with van der Waals surface area (Å²) in [6, 6.07) is 19.5. The number of benzene rings is 3. The second-order valence-corrected chi connectivity index (χ2v) is 7.43. The van der Waals surface area contributed by atoms with Crippen LogP contribution in [0.3, 0.4) is 0 Å². The standard InChI is InChI=1S/C20H17NO5S/c1-26-18-9-5-14(6-10-18)15-7-11-19(12-8-15)27(24,25)21-17-4-2-3-16(13-17)20(22)23/h2-13,21H,1H3,(H,22,23). The van der Waals surface area contributed by atoms with Crippen LogP contribution in [0.15, 0.2) is 77.7 Å². The van der Waals surface area contributed by atoms with Gasteiger partial charge >= 0.3 is 5.97 Å². The molecule has 27 heavy (non-hydrogen) atoms. The van der Waals surface area contributed by atoms with E-state index in [0.29, 0.717) is 0 Å². The minimum absolute atomic E-state index is 0.00468. The van der Waals surface area contributed by atoms with E-state index in [1.165, 1.54) is 36.4 Å². The molecule has 0 saturated carbocycles. The van der Waals surface area contributed by atoms with E-state index in [1.54, 1.807) is 19.2 Å². The molecule has 3 aromatic carbocycles. The van der Waals surface area contributed by atoms with Gasteiger partial charge < -0.3 is 9.84 Å². The topological polar surface area (TPSA) is 92.7 Å². The van der Waals surface area contributed by atoms with Gasteiger partial charge in [0.2, 0.25) is 0 Å². The lowest BCUT2D eigenvalue weighted by molar-refractivity contribution is 0.0697. The SMILES string of the molecule is COc1ccc(-c2ccc(S(=O)(=O)Nc3cccc(C(=O)O)c3)cc2)cc1. The van der Waals surface area contributed by atoms with Gasteiger partial charge in [0.25, 0.3) is 10.0 Å². The number of methoxy groups -OCH3 is 1. The predicted octanol–water partition coefficient (Wildman–Crippen LogP) is 3.86. The summed E-state index contributed by atoms with van der Waals surface area (Å²) < 4.78 is 32.6. The molecule has 138 valence electrons. The lowest BCUT2D eigenvalue weighted by Crippen LogP contribution is -2.13. The van der Waals surface area contributed by atoms with Gasteiger partial charge in [0.15, 0.2) is 0 Å². The van der Waals surface area contributed by atoms with E-state index in [1.807, 2.05) is 24.3 Å². The smallest absolute Gasteiger partial charge is 0.335 e. The first kappa shape index (κ1) is 18.5. The maximum Gasteiger partial charge on any atom is 0.335 e. The van der Waals surface area contributed by atoms with Gasteiger partial charge in [-0.05, 0) is 53.6 Å². The predicted molar refractivity (Wildman–Crippen MR) is 103 cm³/mol. The number of rotatable bonds is 6. The maximum absolute atomic E-state index is 12.5. The van der Waals surface area contributed by atoms with Crippen molar-refractivity contribution in [2.75, 3.05) is 11.8 Å². The van der Waals surface area contributed by atoms with Gasteiger partial charge in [-0.15, -0.1) is 0 Å². The second-order valence-electron chi connectivity index (χ2n) is 5.74. The van der Waals surface area contributed by atoms with Gasteiger partial charge in [-0.2, -0.15) is 0 Å². The molecule has 0 aliphatic heterocycles. The Morgan fingerprint density at radius 3 is 2.07 bits per heavy atom. The van der Waals surface area contributed by atoms with Crippen LogP contribution in [0.1, 0.15) is 10.4 Å². The van der Waals surface area contributed by atoms with E-state index in [-0.39, 0.29) is 16.1 Å². The van der Waals surface area contributed by atoms with Crippen LogP contribution in [0.5, 0.6) is 5.75 Å². The number of hydrogen-bond acceptors (Lipinski definition) is 4. The summed E-state index contributed by atoms with van der Waals surface area (Å²) in [5, 5.41) is 9.01. The van der Waals surface area contributed by atoms with Crippen molar-refractivity contribution in [1.82, 2.24) is 0 Å². The molecule has 3 rings (SSSR count). The summed E-state index contributed by atoms with van der Waals surface area (Å²) in [4.78, 5) is 11.1. The fraction of sp³-hybridized carbons (Fsp3) is 0.0500. The highest BCUT2D eigenvalue weighted by Gasteiger charge is 2.15. The summed E-state index contributed by atoms with van der Waals surface area (Å²) in [6.45, 7) is 0. The zero-order valence-corrected chi connectivity index (χ0v) is 15.2. The summed E-state index contributed by atoms with van der Waals surface area (Å²) in [5.41, 5.74) is 1.99. The van der Waals surface area contributed by atoms with Gasteiger partial charge in [0.05, 0.1) is 17.6 Å². The molecule has 0 fully saturated rings. The molecular weight excluding hydrogens is 366 g/mol. The molecule has 0 unspecified atom stereocenters. The average molecular weight is 383 g/mol. The summed E-state index contributed by atoms with van der Waals surface area (Å²) in [5.74, 6) is -0.384. The van der Waals surface area contributed by atoms with Crippen molar-refractivity contribution in [2.24, 2.45) is 0 Å². The van der Waals surface area contributed by atoms with Crippen LogP contribution in [0, 0.1) is 0 Å². The van der Waals surface area contributed by atoms with Crippen LogP contribution in [0.4, 0.5) is 5.69 Å². The highest BCUT2D eigenvalue weighted by Crippen LogP contribution is 2.24. The third-order valence-electron chi connectivity index (χ3n) is 3.95. The molecule has 0 aromatic heterocycles. The fourth-order valence-corrected chi connectivity index (χ4v) is 3.59. The minimum atomic E-state index is -3.83. The van der Waals surface area contributed by atoms with Gasteiger partial charge in [-0.25, -0.2) is 13.2 Å². The van der Waals surface area contributed by atoms with E-state index in [9.17, 15) is 13.2 Å². The first-order valence-electron chi connectivity index (χ1n) is 8.00. The normalized spacial score (nSPS) is 11.0. The van der Waals surface area contributed by atoms with Crippen molar-refractivity contribution in [1.29, 1.82) is 0 Å². The number of anilines is 1. The quantitative estimate of drug-likeness (QED) is 0.674. The van der Waals surface area contributed by atoms with Crippen LogP contribution in [0.2, 0.25) is 0 Å².